The number of fused-ring (bicyclic) bond motifs is 7. The van der Waals surface area contributed by atoms with Gasteiger partial charge in [-0.1, -0.05) is 188 Å². The highest BCUT2D eigenvalue weighted by Crippen LogP contribution is 2.48. The summed E-state index contributed by atoms with van der Waals surface area (Å²) in [6.07, 6.45) is 0. The van der Waals surface area contributed by atoms with E-state index in [-0.39, 0.29) is 0 Å². The molecule has 0 radical (unpaired) electrons. The lowest BCUT2D eigenvalue weighted by atomic mass is 9.91. The van der Waals surface area contributed by atoms with Crippen molar-refractivity contribution < 1.29 is 4.42 Å². The molecule has 0 amide bonds. The maximum Gasteiger partial charge on any atom is 0.145 e. The molecule has 3 heteroatoms. The topological polar surface area (TPSA) is 21.3 Å². The van der Waals surface area contributed by atoms with Crippen molar-refractivity contribution >= 4 is 71.6 Å². The predicted octanol–water partition coefficient (Wildman–Crippen LogP) is 18.0. The van der Waals surface area contributed by atoms with Gasteiger partial charge < -0.3 is 13.9 Å². The monoisotopic (exact) mass is 854 g/mol. The molecular weight excluding hydrogens is 813 g/mol. The van der Waals surface area contributed by atoms with E-state index in [1.165, 1.54) is 60.4 Å². The molecule has 0 saturated heterocycles. The Bertz CT molecular complexity index is 3950. The van der Waals surface area contributed by atoms with Crippen molar-refractivity contribution in [1.29, 1.82) is 0 Å². The maximum absolute atomic E-state index is 6.81. The lowest BCUT2D eigenvalue weighted by molar-refractivity contribution is 0.670. The van der Waals surface area contributed by atoms with E-state index >= 15 is 0 Å². The molecule has 11 aromatic carbocycles. The largest absolute Gasteiger partial charge is 0.455 e. The van der Waals surface area contributed by atoms with Crippen LogP contribution in [0.25, 0.3) is 105 Å². The molecule has 0 N–H and O–H groups in total. The lowest BCUT2D eigenvalue weighted by Crippen LogP contribution is -2.10. The molecule has 2 aromatic heterocycles. The van der Waals surface area contributed by atoms with Crippen LogP contribution in [0.1, 0.15) is 0 Å². The van der Waals surface area contributed by atoms with Gasteiger partial charge in [0.15, 0.2) is 0 Å². The highest BCUT2D eigenvalue weighted by molar-refractivity contribution is 6.18. The summed E-state index contributed by atoms with van der Waals surface area (Å²) in [6.45, 7) is 0. The molecule has 0 saturated carbocycles. The predicted molar refractivity (Wildman–Crippen MR) is 282 cm³/mol. The Balaban J connectivity index is 0.977. The number of nitrogens with zero attached hydrogens (tertiary/aromatic N) is 2. The van der Waals surface area contributed by atoms with E-state index in [4.69, 9.17) is 4.42 Å². The van der Waals surface area contributed by atoms with Crippen molar-refractivity contribution in [2.75, 3.05) is 4.90 Å². The van der Waals surface area contributed by atoms with Crippen LogP contribution in [0.15, 0.2) is 259 Å². The third kappa shape index (κ3) is 6.43. The van der Waals surface area contributed by atoms with E-state index in [0.29, 0.717) is 0 Å². The number of aromatic nitrogens is 1. The average molecular weight is 855 g/mol. The molecule has 0 bridgehead atoms. The quantitative estimate of drug-likeness (QED) is 0.152. The molecular formula is C64H42N2O. The van der Waals surface area contributed by atoms with Crippen LogP contribution in [0.4, 0.5) is 17.1 Å². The fraction of sp³-hybridized carbons (Fsp3) is 0. The summed E-state index contributed by atoms with van der Waals surface area (Å²) in [6, 6.07) is 91.7. The van der Waals surface area contributed by atoms with Gasteiger partial charge in [0.1, 0.15) is 11.2 Å². The molecule has 0 spiro atoms. The second-order valence-electron chi connectivity index (χ2n) is 17.2. The average Bonchev–Trinajstić information content (AvgIpc) is 3.97. The van der Waals surface area contributed by atoms with Crippen molar-refractivity contribution in [3.05, 3.63) is 255 Å². The second kappa shape index (κ2) is 16.0. The summed E-state index contributed by atoms with van der Waals surface area (Å²) >= 11 is 0. The standard InChI is InChI=1S/C64H42N2O/c1-3-17-44(18-4-1)53-41-42-60(63-57-27-12-14-32-61(57)67-64(53)63)65(48-37-33-45(34-38-48)51-28-15-20-43-19-7-8-23-50(43)51)49-39-35-46(36-40-49)52-24-9-10-25-54(52)55-29-16-31-59-62(55)56-26-11-13-30-58(56)66(59)47-21-5-2-6-22-47/h1-42H. The van der Waals surface area contributed by atoms with Crippen molar-refractivity contribution in [2.45, 2.75) is 0 Å². The summed E-state index contributed by atoms with van der Waals surface area (Å²) in [5, 5.41) is 7.12. The second-order valence-corrected chi connectivity index (χ2v) is 17.2. The third-order valence-electron chi connectivity index (χ3n) is 13.4. The van der Waals surface area contributed by atoms with Crippen molar-refractivity contribution in [3.63, 3.8) is 0 Å². The Kier molecular flexibility index (Phi) is 9.17. The van der Waals surface area contributed by atoms with Crippen molar-refractivity contribution in [1.82, 2.24) is 4.57 Å². The molecule has 0 fully saturated rings. The Hall–Kier alpha value is -8.92. The van der Waals surface area contributed by atoms with Gasteiger partial charge in [-0.25, -0.2) is 0 Å². The minimum atomic E-state index is 0.863. The molecule has 13 rings (SSSR count). The van der Waals surface area contributed by atoms with E-state index in [9.17, 15) is 0 Å². The fourth-order valence-corrected chi connectivity index (χ4v) is 10.4. The van der Waals surface area contributed by atoms with Gasteiger partial charge in [0.25, 0.3) is 0 Å². The first kappa shape index (κ1) is 38.5. The molecule has 0 aliphatic rings. The fourth-order valence-electron chi connectivity index (χ4n) is 10.4. The summed E-state index contributed by atoms with van der Waals surface area (Å²) in [5.41, 5.74) is 17.7. The molecule has 13 aromatic rings. The number of furan rings is 1. The van der Waals surface area contributed by atoms with Gasteiger partial charge >= 0.3 is 0 Å². The highest BCUT2D eigenvalue weighted by Gasteiger charge is 2.23. The van der Waals surface area contributed by atoms with Crippen LogP contribution in [0, 0.1) is 0 Å². The van der Waals surface area contributed by atoms with Gasteiger partial charge in [-0.15, -0.1) is 0 Å². The summed E-state index contributed by atoms with van der Waals surface area (Å²) in [5.74, 6) is 0. The first-order chi connectivity index (χ1) is 33.3. The molecule has 314 valence electrons. The maximum atomic E-state index is 6.81. The lowest BCUT2D eigenvalue weighted by Gasteiger charge is -2.27. The van der Waals surface area contributed by atoms with Crippen LogP contribution in [0.3, 0.4) is 0 Å². The zero-order valence-electron chi connectivity index (χ0n) is 36.6. The third-order valence-corrected chi connectivity index (χ3v) is 13.4. The minimum Gasteiger partial charge on any atom is -0.455 e. The van der Waals surface area contributed by atoms with Crippen LogP contribution >= 0.6 is 0 Å². The summed E-state index contributed by atoms with van der Waals surface area (Å²) in [4.78, 5) is 2.39. The van der Waals surface area contributed by atoms with E-state index in [1.54, 1.807) is 0 Å². The molecule has 2 heterocycles. The Morgan fingerprint density at radius 1 is 0.313 bits per heavy atom. The van der Waals surface area contributed by atoms with Gasteiger partial charge in [0.2, 0.25) is 0 Å². The number of benzene rings is 11. The van der Waals surface area contributed by atoms with E-state index < -0.39 is 0 Å². The van der Waals surface area contributed by atoms with E-state index in [2.05, 4.69) is 264 Å². The van der Waals surface area contributed by atoms with Crippen molar-refractivity contribution in [2.24, 2.45) is 0 Å². The van der Waals surface area contributed by atoms with Crippen LogP contribution in [0.2, 0.25) is 0 Å². The van der Waals surface area contributed by atoms with Gasteiger partial charge in [-0.2, -0.15) is 0 Å². The summed E-state index contributed by atoms with van der Waals surface area (Å²) < 4.78 is 9.20. The molecule has 0 aliphatic carbocycles. The molecule has 3 nitrogen and oxygen atoms in total. The smallest absolute Gasteiger partial charge is 0.145 e. The van der Waals surface area contributed by atoms with Gasteiger partial charge in [-0.05, 0) is 116 Å². The summed E-state index contributed by atoms with van der Waals surface area (Å²) in [7, 11) is 0. The Morgan fingerprint density at radius 2 is 0.851 bits per heavy atom. The first-order valence-electron chi connectivity index (χ1n) is 22.9. The molecule has 0 atom stereocenters. The van der Waals surface area contributed by atoms with Gasteiger partial charge in [-0.3, -0.25) is 0 Å². The van der Waals surface area contributed by atoms with Gasteiger partial charge in [0.05, 0.1) is 22.1 Å². The molecule has 0 aliphatic heterocycles. The Morgan fingerprint density at radius 3 is 1.63 bits per heavy atom. The van der Waals surface area contributed by atoms with Crippen LogP contribution in [-0.2, 0) is 0 Å². The zero-order valence-corrected chi connectivity index (χ0v) is 36.6. The van der Waals surface area contributed by atoms with Gasteiger partial charge in [0, 0.05) is 38.8 Å². The first-order valence-corrected chi connectivity index (χ1v) is 22.9. The number of hydrogen-bond acceptors (Lipinski definition) is 2. The zero-order chi connectivity index (χ0) is 44.3. The number of rotatable bonds is 8. The SMILES string of the molecule is c1ccc(-c2ccc(N(c3ccc(-c4ccccc4-c4cccc5c4c4ccccc4n5-c4ccccc4)cc3)c3ccc(-c4cccc5ccccc45)cc3)c3c2oc2ccccc23)cc1. The number of hydrogen-bond donors (Lipinski definition) is 0. The van der Waals surface area contributed by atoms with E-state index in [1.807, 2.05) is 0 Å². The molecule has 67 heavy (non-hydrogen) atoms. The molecule has 0 unspecified atom stereocenters. The van der Waals surface area contributed by atoms with Crippen molar-refractivity contribution in [3.8, 4) is 50.2 Å². The normalized spacial score (nSPS) is 11.6. The minimum absolute atomic E-state index is 0.863. The highest BCUT2D eigenvalue weighted by atomic mass is 16.3. The van der Waals surface area contributed by atoms with Crippen LogP contribution < -0.4 is 4.90 Å². The number of para-hydroxylation sites is 3. The van der Waals surface area contributed by atoms with Crippen LogP contribution in [0.5, 0.6) is 0 Å². The number of anilines is 3. The van der Waals surface area contributed by atoms with E-state index in [0.717, 1.165) is 61.4 Å². The van der Waals surface area contributed by atoms with Crippen LogP contribution in [-0.4, -0.2) is 4.57 Å². The Labute approximate surface area is 388 Å².